The Hall–Kier alpha value is -1.16. The van der Waals surface area contributed by atoms with Crippen LogP contribution >= 0.6 is 0 Å². The van der Waals surface area contributed by atoms with E-state index in [4.69, 9.17) is 5.73 Å². The summed E-state index contributed by atoms with van der Waals surface area (Å²) >= 11 is 0. The van der Waals surface area contributed by atoms with Gasteiger partial charge in [-0.25, -0.2) is 9.97 Å². The molecule has 1 aliphatic carbocycles. The first-order valence-corrected chi connectivity index (χ1v) is 7.12. The Morgan fingerprint density at radius 2 is 2.17 bits per heavy atom. The van der Waals surface area contributed by atoms with Gasteiger partial charge in [-0.1, -0.05) is 0 Å². The lowest BCUT2D eigenvalue weighted by molar-refractivity contribution is 0.410. The van der Waals surface area contributed by atoms with Crippen LogP contribution in [0.4, 0.5) is 5.82 Å². The lowest BCUT2D eigenvalue weighted by atomic mass is 9.96. The van der Waals surface area contributed by atoms with Crippen molar-refractivity contribution < 1.29 is 0 Å². The zero-order valence-electron chi connectivity index (χ0n) is 11.1. The number of hydrogen-bond donors (Lipinski definition) is 1. The van der Waals surface area contributed by atoms with Crippen molar-refractivity contribution in [2.45, 2.75) is 57.5 Å². The smallest absolute Gasteiger partial charge is 0.135 e. The average Bonchev–Trinajstić information content (AvgIpc) is 2.86. The van der Waals surface area contributed by atoms with E-state index in [9.17, 15) is 0 Å². The van der Waals surface area contributed by atoms with Crippen molar-refractivity contribution in [3.05, 3.63) is 17.6 Å². The van der Waals surface area contributed by atoms with E-state index in [-0.39, 0.29) is 6.04 Å². The molecule has 4 nitrogen and oxygen atoms in total. The molecule has 1 fully saturated rings. The Labute approximate surface area is 109 Å². The Morgan fingerprint density at radius 3 is 3.00 bits per heavy atom. The second-order valence-corrected chi connectivity index (χ2v) is 5.59. The molecule has 2 N–H and O–H groups in total. The van der Waals surface area contributed by atoms with E-state index >= 15 is 0 Å². The Kier molecular flexibility index (Phi) is 3.20. The van der Waals surface area contributed by atoms with Crippen LogP contribution in [0.5, 0.6) is 0 Å². The van der Waals surface area contributed by atoms with E-state index in [0.29, 0.717) is 6.04 Å². The third-order valence-corrected chi connectivity index (χ3v) is 4.28. The van der Waals surface area contributed by atoms with Gasteiger partial charge in [-0.3, -0.25) is 0 Å². The van der Waals surface area contributed by atoms with Crippen LogP contribution in [0.1, 0.15) is 43.9 Å². The maximum atomic E-state index is 6.16. The molecule has 0 radical (unpaired) electrons. The summed E-state index contributed by atoms with van der Waals surface area (Å²) in [6.45, 7) is 3.21. The van der Waals surface area contributed by atoms with Gasteiger partial charge in [-0.15, -0.1) is 0 Å². The van der Waals surface area contributed by atoms with E-state index in [2.05, 4.69) is 21.8 Å². The maximum Gasteiger partial charge on any atom is 0.135 e. The first-order valence-electron chi connectivity index (χ1n) is 7.12. The number of rotatable bonds is 2. The molecule has 2 aliphatic rings. The molecule has 2 heterocycles. The minimum Gasteiger partial charge on any atom is -0.352 e. The van der Waals surface area contributed by atoms with Crippen molar-refractivity contribution in [2.75, 3.05) is 11.4 Å². The highest BCUT2D eigenvalue weighted by molar-refractivity contribution is 5.51. The molecule has 4 heteroatoms. The second kappa shape index (κ2) is 4.84. The van der Waals surface area contributed by atoms with Gasteiger partial charge < -0.3 is 10.6 Å². The van der Waals surface area contributed by atoms with Crippen molar-refractivity contribution in [2.24, 2.45) is 5.73 Å². The zero-order valence-corrected chi connectivity index (χ0v) is 11.1. The summed E-state index contributed by atoms with van der Waals surface area (Å²) < 4.78 is 0. The third kappa shape index (κ3) is 1.99. The topological polar surface area (TPSA) is 55.0 Å². The predicted octanol–water partition coefficient (Wildman–Crippen LogP) is 1.67. The molecule has 2 atom stereocenters. The van der Waals surface area contributed by atoms with Crippen LogP contribution < -0.4 is 10.6 Å². The van der Waals surface area contributed by atoms with Gasteiger partial charge in [-0.2, -0.15) is 0 Å². The summed E-state index contributed by atoms with van der Waals surface area (Å²) in [6, 6.07) is 0.649. The Morgan fingerprint density at radius 1 is 1.28 bits per heavy atom. The van der Waals surface area contributed by atoms with Gasteiger partial charge in [-0.05, 0) is 45.4 Å². The lowest BCUT2D eigenvalue weighted by Crippen LogP contribution is -2.50. The molecular weight excluding hydrogens is 224 g/mol. The van der Waals surface area contributed by atoms with Crippen LogP contribution in [0.3, 0.4) is 0 Å². The van der Waals surface area contributed by atoms with Crippen LogP contribution in [-0.2, 0) is 12.8 Å². The van der Waals surface area contributed by atoms with Crippen molar-refractivity contribution >= 4 is 5.82 Å². The summed E-state index contributed by atoms with van der Waals surface area (Å²) in [5.41, 5.74) is 8.79. The summed E-state index contributed by atoms with van der Waals surface area (Å²) in [5, 5.41) is 0. The number of piperidine rings is 1. The molecule has 18 heavy (non-hydrogen) atoms. The number of aryl methyl sites for hydroxylation is 1. The van der Waals surface area contributed by atoms with Crippen molar-refractivity contribution in [3.63, 3.8) is 0 Å². The van der Waals surface area contributed by atoms with Crippen molar-refractivity contribution in [3.8, 4) is 0 Å². The highest BCUT2D eigenvalue weighted by Crippen LogP contribution is 2.32. The molecule has 2 unspecified atom stereocenters. The van der Waals surface area contributed by atoms with E-state index < -0.39 is 0 Å². The number of nitrogens with zero attached hydrogens (tertiary/aromatic N) is 3. The molecular formula is C14H22N4. The molecule has 1 aliphatic heterocycles. The highest BCUT2D eigenvalue weighted by atomic mass is 15.2. The SMILES string of the molecule is CC(N)C1CCCCN1c1ncnc2c1CCC2. The highest BCUT2D eigenvalue weighted by Gasteiger charge is 2.29. The number of nitrogens with two attached hydrogens (primary N) is 1. The molecule has 0 saturated carbocycles. The number of anilines is 1. The molecule has 1 aromatic heterocycles. The van der Waals surface area contributed by atoms with Gasteiger partial charge in [0.25, 0.3) is 0 Å². The van der Waals surface area contributed by atoms with Crippen LogP contribution in [0.25, 0.3) is 0 Å². The van der Waals surface area contributed by atoms with Crippen LogP contribution in [-0.4, -0.2) is 28.6 Å². The number of fused-ring (bicyclic) bond motifs is 1. The fourth-order valence-corrected chi connectivity index (χ4v) is 3.36. The largest absolute Gasteiger partial charge is 0.352 e. The molecule has 0 aromatic carbocycles. The summed E-state index contributed by atoms with van der Waals surface area (Å²) in [7, 11) is 0. The molecule has 1 saturated heterocycles. The monoisotopic (exact) mass is 246 g/mol. The maximum absolute atomic E-state index is 6.16. The molecule has 1 aromatic rings. The van der Waals surface area contributed by atoms with Gasteiger partial charge in [0.15, 0.2) is 0 Å². The Balaban J connectivity index is 1.95. The number of aromatic nitrogens is 2. The first-order chi connectivity index (χ1) is 8.77. The Bertz CT molecular complexity index is 430. The van der Waals surface area contributed by atoms with Crippen molar-refractivity contribution in [1.29, 1.82) is 0 Å². The van der Waals surface area contributed by atoms with Crippen LogP contribution in [0, 0.1) is 0 Å². The van der Waals surface area contributed by atoms with E-state index in [1.54, 1.807) is 6.33 Å². The number of hydrogen-bond acceptors (Lipinski definition) is 4. The van der Waals surface area contributed by atoms with Gasteiger partial charge in [0.05, 0.1) is 0 Å². The zero-order chi connectivity index (χ0) is 12.5. The quantitative estimate of drug-likeness (QED) is 0.862. The predicted molar refractivity (Wildman–Crippen MR) is 72.7 cm³/mol. The van der Waals surface area contributed by atoms with Gasteiger partial charge in [0.2, 0.25) is 0 Å². The second-order valence-electron chi connectivity index (χ2n) is 5.59. The van der Waals surface area contributed by atoms with E-state index in [1.165, 1.54) is 42.8 Å². The molecule has 0 amide bonds. The van der Waals surface area contributed by atoms with Crippen LogP contribution in [0.2, 0.25) is 0 Å². The summed E-state index contributed by atoms with van der Waals surface area (Å²) in [5.74, 6) is 1.17. The van der Waals surface area contributed by atoms with Crippen LogP contribution in [0.15, 0.2) is 6.33 Å². The molecule has 3 rings (SSSR count). The fourth-order valence-electron chi connectivity index (χ4n) is 3.36. The minimum atomic E-state index is 0.206. The van der Waals surface area contributed by atoms with Gasteiger partial charge >= 0.3 is 0 Å². The lowest BCUT2D eigenvalue weighted by Gasteiger charge is -2.39. The summed E-state index contributed by atoms with van der Waals surface area (Å²) in [4.78, 5) is 11.4. The fraction of sp³-hybridized carbons (Fsp3) is 0.714. The summed E-state index contributed by atoms with van der Waals surface area (Å²) in [6.07, 6.45) is 8.92. The van der Waals surface area contributed by atoms with Crippen molar-refractivity contribution in [1.82, 2.24) is 9.97 Å². The average molecular weight is 246 g/mol. The molecule has 98 valence electrons. The third-order valence-electron chi connectivity index (χ3n) is 4.28. The van der Waals surface area contributed by atoms with Gasteiger partial charge in [0.1, 0.15) is 12.1 Å². The van der Waals surface area contributed by atoms with Gasteiger partial charge in [0, 0.05) is 29.9 Å². The van der Waals surface area contributed by atoms with E-state index in [1.807, 2.05) is 0 Å². The standard InChI is InChI=1S/C14H22N4/c1-10(15)13-7-2-3-8-18(13)14-11-5-4-6-12(11)16-9-17-14/h9-10,13H,2-8,15H2,1H3. The molecule has 0 spiro atoms. The first kappa shape index (κ1) is 11.9. The molecule has 0 bridgehead atoms. The van der Waals surface area contributed by atoms with E-state index in [0.717, 1.165) is 19.4 Å². The normalized spacial score (nSPS) is 25.0. The minimum absolute atomic E-state index is 0.206.